The van der Waals surface area contributed by atoms with Crippen molar-refractivity contribution in [3.05, 3.63) is 0 Å². The summed E-state index contributed by atoms with van der Waals surface area (Å²) in [6.07, 6.45) is 3.61. The molecule has 1 saturated carbocycles. The second-order valence-electron chi connectivity index (χ2n) is 4.91. The van der Waals surface area contributed by atoms with E-state index in [1.54, 1.807) is 0 Å². The van der Waals surface area contributed by atoms with E-state index in [1.165, 1.54) is 7.05 Å². The van der Waals surface area contributed by atoms with E-state index < -0.39 is 29.7 Å². The predicted octanol–water partition coefficient (Wildman–Crippen LogP) is -0.383. The van der Waals surface area contributed by atoms with Gasteiger partial charge >= 0.3 is 6.03 Å². The predicted molar refractivity (Wildman–Crippen MR) is 64.8 cm³/mol. The van der Waals surface area contributed by atoms with Crippen LogP contribution in [0.2, 0.25) is 0 Å². The van der Waals surface area contributed by atoms with Crippen LogP contribution in [0.4, 0.5) is 4.79 Å². The van der Waals surface area contributed by atoms with Gasteiger partial charge in [-0.05, 0) is 18.8 Å². The zero-order valence-corrected chi connectivity index (χ0v) is 10.8. The van der Waals surface area contributed by atoms with Crippen molar-refractivity contribution in [3.63, 3.8) is 0 Å². The molecule has 7 heteroatoms. The molecule has 1 aliphatic carbocycles. The Morgan fingerprint density at radius 3 is 2.53 bits per heavy atom. The second-order valence-corrected chi connectivity index (χ2v) is 4.91. The van der Waals surface area contributed by atoms with E-state index >= 15 is 0 Å². The molecule has 1 atom stereocenters. The molecule has 2 rings (SSSR count). The van der Waals surface area contributed by atoms with E-state index in [1.807, 2.05) is 0 Å². The Labute approximate surface area is 110 Å². The van der Waals surface area contributed by atoms with Crippen LogP contribution < -0.4 is 10.6 Å². The molecule has 19 heavy (non-hydrogen) atoms. The van der Waals surface area contributed by atoms with Crippen molar-refractivity contribution >= 4 is 23.8 Å². The number of nitrogens with one attached hydrogen (secondary N) is 2. The topological polar surface area (TPSA) is 95.6 Å². The number of hydrogen-bond donors (Lipinski definition) is 2. The van der Waals surface area contributed by atoms with Crippen molar-refractivity contribution < 1.29 is 19.2 Å². The number of urea groups is 1. The molecule has 0 bridgehead atoms. The lowest BCUT2D eigenvalue weighted by Crippen LogP contribution is -2.61. The molecule has 7 nitrogen and oxygen atoms in total. The molecule has 104 valence electrons. The summed E-state index contributed by atoms with van der Waals surface area (Å²) >= 11 is 0. The highest BCUT2D eigenvalue weighted by Gasteiger charge is 2.45. The van der Waals surface area contributed by atoms with Gasteiger partial charge in [-0.25, -0.2) is 4.79 Å². The lowest BCUT2D eigenvalue weighted by atomic mass is 9.87. The van der Waals surface area contributed by atoms with E-state index in [0.29, 0.717) is 0 Å². The summed E-state index contributed by atoms with van der Waals surface area (Å²) in [6, 6.07) is -0.812. The number of carbonyl (C=O) groups is 4. The molecule has 0 aromatic rings. The van der Waals surface area contributed by atoms with Gasteiger partial charge in [-0.3, -0.25) is 24.6 Å². The quantitative estimate of drug-likeness (QED) is 0.681. The molecular formula is C12H17N3O4. The van der Waals surface area contributed by atoms with Crippen LogP contribution in [0.3, 0.4) is 0 Å². The summed E-state index contributed by atoms with van der Waals surface area (Å²) in [5, 5.41) is 4.51. The maximum Gasteiger partial charge on any atom is 0.331 e. The van der Waals surface area contributed by atoms with Crippen molar-refractivity contribution in [1.29, 1.82) is 0 Å². The summed E-state index contributed by atoms with van der Waals surface area (Å²) in [4.78, 5) is 47.8. The lowest BCUT2D eigenvalue weighted by Gasteiger charge is -2.32. The van der Waals surface area contributed by atoms with Crippen LogP contribution in [0, 0.1) is 11.8 Å². The smallest absolute Gasteiger partial charge is 0.331 e. The number of carbonyl (C=O) groups excluding carboxylic acids is 4. The minimum Gasteiger partial charge on any atom is -0.358 e. The molecule has 1 unspecified atom stereocenters. The van der Waals surface area contributed by atoms with E-state index in [4.69, 9.17) is 0 Å². The Morgan fingerprint density at radius 2 is 1.95 bits per heavy atom. The third-order valence-corrected chi connectivity index (χ3v) is 3.74. The average molecular weight is 267 g/mol. The van der Waals surface area contributed by atoms with Crippen LogP contribution in [0.25, 0.3) is 0 Å². The first-order valence-corrected chi connectivity index (χ1v) is 6.41. The molecule has 0 spiro atoms. The Morgan fingerprint density at radius 1 is 1.32 bits per heavy atom. The second kappa shape index (κ2) is 5.38. The molecule has 2 aliphatic rings. The fourth-order valence-electron chi connectivity index (χ4n) is 2.71. The SMILES string of the molecule is CNC(=O)CN1C(=O)NC(=O)C(C2CCCC2)C1=O. The molecule has 0 radical (unpaired) electrons. The van der Waals surface area contributed by atoms with Crippen LogP contribution in [-0.4, -0.2) is 42.2 Å². The Balaban J connectivity index is 2.16. The molecule has 1 heterocycles. The standard InChI is InChI=1S/C12H17N3O4/c1-13-8(16)6-15-11(18)9(7-4-2-3-5-7)10(17)14-12(15)19/h7,9H,2-6H2,1H3,(H,13,16)(H,14,17,19). The number of amides is 5. The van der Waals surface area contributed by atoms with Gasteiger partial charge in [-0.15, -0.1) is 0 Å². The third kappa shape index (κ3) is 2.59. The van der Waals surface area contributed by atoms with Crippen LogP contribution >= 0.6 is 0 Å². The number of likely N-dealkylation sites (N-methyl/N-ethyl adjacent to an activating group) is 1. The van der Waals surface area contributed by atoms with Gasteiger partial charge in [0.05, 0.1) is 0 Å². The fourth-order valence-corrected chi connectivity index (χ4v) is 2.71. The van der Waals surface area contributed by atoms with Gasteiger partial charge < -0.3 is 5.32 Å². The average Bonchev–Trinajstić information content (AvgIpc) is 2.87. The van der Waals surface area contributed by atoms with Gasteiger partial charge in [-0.2, -0.15) is 0 Å². The van der Waals surface area contributed by atoms with Gasteiger partial charge in [-0.1, -0.05) is 12.8 Å². The molecule has 0 aromatic heterocycles. The van der Waals surface area contributed by atoms with Crippen molar-refractivity contribution in [2.24, 2.45) is 11.8 Å². The number of rotatable bonds is 3. The lowest BCUT2D eigenvalue weighted by molar-refractivity contribution is -0.146. The first-order valence-electron chi connectivity index (χ1n) is 6.41. The van der Waals surface area contributed by atoms with Gasteiger partial charge in [0.2, 0.25) is 17.7 Å². The monoisotopic (exact) mass is 267 g/mol. The summed E-state index contributed by atoms with van der Waals surface area (Å²) in [7, 11) is 1.42. The van der Waals surface area contributed by atoms with Crippen LogP contribution in [0.15, 0.2) is 0 Å². The van der Waals surface area contributed by atoms with Gasteiger partial charge in [0, 0.05) is 7.05 Å². The highest BCUT2D eigenvalue weighted by molar-refractivity contribution is 6.17. The molecule has 2 fully saturated rings. The molecule has 1 saturated heterocycles. The minimum atomic E-state index is -0.829. The zero-order valence-electron chi connectivity index (χ0n) is 10.8. The van der Waals surface area contributed by atoms with E-state index in [0.717, 1.165) is 30.6 Å². The molecule has 1 aliphatic heterocycles. The van der Waals surface area contributed by atoms with Gasteiger partial charge in [0.25, 0.3) is 0 Å². The van der Waals surface area contributed by atoms with Crippen LogP contribution in [-0.2, 0) is 14.4 Å². The maximum absolute atomic E-state index is 12.2. The Hall–Kier alpha value is -1.92. The minimum absolute atomic E-state index is 0.0206. The maximum atomic E-state index is 12.2. The Kier molecular flexibility index (Phi) is 3.82. The number of nitrogens with zero attached hydrogens (tertiary/aromatic N) is 1. The van der Waals surface area contributed by atoms with E-state index in [2.05, 4.69) is 10.6 Å². The zero-order chi connectivity index (χ0) is 14.0. The van der Waals surface area contributed by atoms with Gasteiger partial charge in [0.15, 0.2) is 0 Å². The summed E-state index contributed by atoms with van der Waals surface area (Å²) < 4.78 is 0. The largest absolute Gasteiger partial charge is 0.358 e. The number of hydrogen-bond acceptors (Lipinski definition) is 4. The number of imide groups is 2. The normalized spacial score (nSPS) is 24.6. The van der Waals surface area contributed by atoms with E-state index in [-0.39, 0.29) is 12.5 Å². The number of barbiturate groups is 1. The summed E-state index contributed by atoms with van der Waals surface area (Å²) in [5.74, 6) is -2.38. The molecule has 0 aromatic carbocycles. The molecule has 2 N–H and O–H groups in total. The first-order chi connectivity index (χ1) is 9.04. The van der Waals surface area contributed by atoms with Crippen molar-refractivity contribution in [2.75, 3.05) is 13.6 Å². The summed E-state index contributed by atoms with van der Waals surface area (Å²) in [6.45, 7) is -0.350. The van der Waals surface area contributed by atoms with Crippen LogP contribution in [0.5, 0.6) is 0 Å². The van der Waals surface area contributed by atoms with Crippen molar-refractivity contribution in [2.45, 2.75) is 25.7 Å². The van der Waals surface area contributed by atoms with Crippen molar-refractivity contribution in [1.82, 2.24) is 15.5 Å². The summed E-state index contributed by atoms with van der Waals surface area (Å²) in [5.41, 5.74) is 0. The highest BCUT2D eigenvalue weighted by atomic mass is 16.2. The highest BCUT2D eigenvalue weighted by Crippen LogP contribution is 2.33. The fraction of sp³-hybridized carbons (Fsp3) is 0.667. The Bertz CT molecular complexity index is 429. The van der Waals surface area contributed by atoms with Gasteiger partial charge in [0.1, 0.15) is 12.5 Å². The van der Waals surface area contributed by atoms with E-state index in [9.17, 15) is 19.2 Å². The third-order valence-electron chi connectivity index (χ3n) is 3.74. The molecular weight excluding hydrogens is 250 g/mol. The molecule has 5 amide bonds. The van der Waals surface area contributed by atoms with Crippen molar-refractivity contribution in [3.8, 4) is 0 Å². The van der Waals surface area contributed by atoms with Crippen LogP contribution in [0.1, 0.15) is 25.7 Å². The first kappa shape index (κ1) is 13.5.